The zero-order valence-electron chi connectivity index (χ0n) is 12.1. The number of nitrogens with zero attached hydrogens (tertiary/aromatic N) is 1. The van der Waals surface area contributed by atoms with Gasteiger partial charge in [0.15, 0.2) is 0 Å². The van der Waals surface area contributed by atoms with E-state index in [0.29, 0.717) is 4.31 Å². The fourth-order valence-corrected chi connectivity index (χ4v) is 3.75. The highest BCUT2D eigenvalue weighted by Crippen LogP contribution is 2.27. The number of hydrogen-bond acceptors (Lipinski definition) is 3. The van der Waals surface area contributed by atoms with Crippen molar-refractivity contribution in [3.8, 4) is 0 Å². The van der Waals surface area contributed by atoms with Crippen molar-refractivity contribution in [2.75, 3.05) is 18.8 Å². The molecule has 2 N–H and O–H groups in total. The fraction of sp³-hybridized carbons (Fsp3) is 0.538. The predicted molar refractivity (Wildman–Crippen MR) is 75.2 cm³/mol. The molecule has 0 aliphatic rings. The molecule has 0 unspecified atom stereocenters. The highest BCUT2D eigenvalue weighted by atomic mass is 32.2. The van der Waals surface area contributed by atoms with E-state index in [-0.39, 0.29) is 28.6 Å². The molecular weight excluding hydrogens is 305 g/mol. The molecule has 0 amide bonds. The topological polar surface area (TPSA) is 63.4 Å². The number of halogens is 3. The van der Waals surface area contributed by atoms with Gasteiger partial charge in [0.1, 0.15) is 6.54 Å². The lowest BCUT2D eigenvalue weighted by molar-refractivity contribution is -0.136. The van der Waals surface area contributed by atoms with E-state index in [4.69, 9.17) is 5.73 Å². The molecule has 0 aliphatic carbocycles. The molecule has 4 nitrogen and oxygen atoms in total. The maximum atomic E-state index is 12.7. The van der Waals surface area contributed by atoms with Crippen LogP contribution in [0.2, 0.25) is 0 Å². The van der Waals surface area contributed by atoms with E-state index in [1.54, 1.807) is 13.8 Å². The largest absolute Gasteiger partial charge is 0.402 e. The van der Waals surface area contributed by atoms with Crippen LogP contribution in [-0.2, 0) is 10.0 Å². The summed E-state index contributed by atoms with van der Waals surface area (Å²) in [5.41, 5.74) is 6.13. The second-order valence-corrected chi connectivity index (χ2v) is 7.18. The molecule has 21 heavy (non-hydrogen) atoms. The van der Waals surface area contributed by atoms with Gasteiger partial charge in [-0.1, -0.05) is 19.9 Å². The molecule has 0 aromatic heterocycles. The SMILES string of the molecule is Cc1c(N)cccc1S(=O)(=O)N(CC(C)C)CC(F)(F)F. The molecule has 0 saturated heterocycles. The third-order valence-corrected chi connectivity index (χ3v) is 4.82. The Morgan fingerprint density at radius 3 is 2.33 bits per heavy atom. The molecule has 0 atom stereocenters. The number of rotatable bonds is 5. The molecular formula is C13H19F3N2O2S. The van der Waals surface area contributed by atoms with Crippen molar-refractivity contribution in [2.45, 2.75) is 31.8 Å². The van der Waals surface area contributed by atoms with Crippen molar-refractivity contribution < 1.29 is 21.6 Å². The Kier molecular flexibility index (Phi) is 5.27. The zero-order valence-corrected chi connectivity index (χ0v) is 12.9. The first-order valence-electron chi connectivity index (χ1n) is 6.37. The van der Waals surface area contributed by atoms with Crippen LogP contribution < -0.4 is 5.73 Å². The number of hydrogen-bond donors (Lipinski definition) is 1. The van der Waals surface area contributed by atoms with Gasteiger partial charge >= 0.3 is 6.18 Å². The Hall–Kier alpha value is -1.28. The van der Waals surface area contributed by atoms with Crippen LogP contribution in [0.15, 0.2) is 23.1 Å². The Bertz CT molecular complexity index is 598. The average molecular weight is 324 g/mol. The van der Waals surface area contributed by atoms with Gasteiger partial charge in [0.25, 0.3) is 0 Å². The first kappa shape index (κ1) is 17.8. The number of anilines is 1. The molecule has 0 saturated carbocycles. The second kappa shape index (κ2) is 6.23. The van der Waals surface area contributed by atoms with Gasteiger partial charge in [-0.15, -0.1) is 0 Å². The first-order valence-corrected chi connectivity index (χ1v) is 7.81. The van der Waals surface area contributed by atoms with E-state index in [2.05, 4.69) is 0 Å². The quantitative estimate of drug-likeness (QED) is 0.847. The average Bonchev–Trinajstić information content (AvgIpc) is 2.29. The molecule has 0 aliphatic heterocycles. The van der Waals surface area contributed by atoms with Gasteiger partial charge in [0.2, 0.25) is 10.0 Å². The molecule has 8 heteroatoms. The molecule has 0 bridgehead atoms. The number of sulfonamides is 1. The minimum Gasteiger partial charge on any atom is -0.398 e. The van der Waals surface area contributed by atoms with Gasteiger partial charge in [-0.2, -0.15) is 17.5 Å². The maximum absolute atomic E-state index is 12.7. The molecule has 0 radical (unpaired) electrons. The van der Waals surface area contributed by atoms with Crippen LogP contribution in [0.4, 0.5) is 18.9 Å². The van der Waals surface area contributed by atoms with Gasteiger partial charge in [-0.25, -0.2) is 8.42 Å². The summed E-state index contributed by atoms with van der Waals surface area (Å²) in [6.07, 6.45) is -4.60. The standard InChI is InChI=1S/C13H19F3N2O2S/c1-9(2)7-18(8-13(14,15)16)21(19,20)12-6-4-5-11(17)10(12)3/h4-6,9H,7-8,17H2,1-3H3. The summed E-state index contributed by atoms with van der Waals surface area (Å²) >= 11 is 0. The lowest BCUT2D eigenvalue weighted by atomic mass is 10.2. The van der Waals surface area contributed by atoms with Gasteiger partial charge in [-0.3, -0.25) is 0 Å². The van der Waals surface area contributed by atoms with Crippen LogP contribution in [-0.4, -0.2) is 32.0 Å². The summed E-state index contributed by atoms with van der Waals surface area (Å²) in [5.74, 6) is -0.233. The Morgan fingerprint density at radius 1 is 1.29 bits per heavy atom. The summed E-state index contributed by atoms with van der Waals surface area (Å²) in [6.45, 7) is 3.07. The fourth-order valence-electron chi connectivity index (χ4n) is 1.90. The number of nitrogens with two attached hydrogens (primary N) is 1. The highest BCUT2D eigenvalue weighted by Gasteiger charge is 2.37. The lowest BCUT2D eigenvalue weighted by Crippen LogP contribution is -2.41. The van der Waals surface area contributed by atoms with E-state index in [1.807, 2.05) is 0 Å². The molecule has 1 aromatic carbocycles. The second-order valence-electron chi connectivity index (χ2n) is 5.28. The Balaban J connectivity index is 3.30. The van der Waals surface area contributed by atoms with Crippen LogP contribution in [0.1, 0.15) is 19.4 Å². The van der Waals surface area contributed by atoms with E-state index >= 15 is 0 Å². The monoisotopic (exact) mass is 324 g/mol. The molecule has 0 heterocycles. The van der Waals surface area contributed by atoms with Crippen molar-refractivity contribution in [2.24, 2.45) is 5.92 Å². The van der Waals surface area contributed by atoms with Crippen LogP contribution >= 0.6 is 0 Å². The van der Waals surface area contributed by atoms with Gasteiger partial charge in [-0.05, 0) is 30.5 Å². The van der Waals surface area contributed by atoms with Gasteiger partial charge in [0.05, 0.1) is 4.90 Å². The smallest absolute Gasteiger partial charge is 0.398 e. The van der Waals surface area contributed by atoms with E-state index in [0.717, 1.165) is 0 Å². The van der Waals surface area contributed by atoms with Crippen LogP contribution in [0, 0.1) is 12.8 Å². The normalized spacial score (nSPS) is 13.1. The first-order chi connectivity index (χ1) is 9.45. The summed E-state index contributed by atoms with van der Waals surface area (Å²) in [4.78, 5) is -0.188. The lowest BCUT2D eigenvalue weighted by Gasteiger charge is -2.26. The third-order valence-electron chi connectivity index (χ3n) is 2.87. The van der Waals surface area contributed by atoms with Gasteiger partial charge < -0.3 is 5.73 Å². The maximum Gasteiger partial charge on any atom is 0.402 e. The molecule has 0 fully saturated rings. The molecule has 0 spiro atoms. The van der Waals surface area contributed by atoms with Crippen molar-refractivity contribution in [1.29, 1.82) is 0 Å². The molecule has 1 rings (SSSR count). The Morgan fingerprint density at radius 2 is 1.86 bits per heavy atom. The van der Waals surface area contributed by atoms with Crippen LogP contribution in [0.5, 0.6) is 0 Å². The summed E-state index contributed by atoms with van der Waals surface area (Å²) in [6, 6.07) is 4.19. The Labute approximate surface area is 122 Å². The highest BCUT2D eigenvalue weighted by molar-refractivity contribution is 7.89. The predicted octanol–water partition coefficient (Wildman–Crippen LogP) is 2.79. The minimum atomic E-state index is -4.60. The summed E-state index contributed by atoms with van der Waals surface area (Å²) < 4.78 is 63.4. The van der Waals surface area contributed by atoms with Crippen molar-refractivity contribution in [3.05, 3.63) is 23.8 Å². The number of alkyl halides is 3. The summed E-state index contributed by atoms with van der Waals surface area (Å²) in [7, 11) is -4.25. The van der Waals surface area contributed by atoms with Crippen LogP contribution in [0.25, 0.3) is 0 Å². The van der Waals surface area contributed by atoms with Crippen molar-refractivity contribution >= 4 is 15.7 Å². The van der Waals surface area contributed by atoms with Crippen molar-refractivity contribution in [3.63, 3.8) is 0 Å². The number of nitrogen functional groups attached to an aromatic ring is 1. The zero-order chi connectivity index (χ0) is 16.4. The molecule has 120 valence electrons. The van der Waals surface area contributed by atoms with E-state index in [9.17, 15) is 21.6 Å². The van der Waals surface area contributed by atoms with Crippen molar-refractivity contribution in [1.82, 2.24) is 4.31 Å². The van der Waals surface area contributed by atoms with Crippen LogP contribution in [0.3, 0.4) is 0 Å². The summed E-state index contributed by atoms with van der Waals surface area (Å²) in [5, 5.41) is 0. The van der Waals surface area contributed by atoms with Gasteiger partial charge in [0, 0.05) is 12.2 Å². The number of benzene rings is 1. The molecule has 1 aromatic rings. The van der Waals surface area contributed by atoms with E-state index < -0.39 is 22.7 Å². The minimum absolute atomic E-state index is 0.188. The third kappa shape index (κ3) is 4.60. The van der Waals surface area contributed by atoms with E-state index in [1.165, 1.54) is 25.1 Å².